The summed E-state index contributed by atoms with van der Waals surface area (Å²) < 4.78 is 5.44. The number of pyridine rings is 1. The fourth-order valence-electron chi connectivity index (χ4n) is 3.54. The number of nitriles is 2. The van der Waals surface area contributed by atoms with Crippen molar-refractivity contribution in [3.8, 4) is 12.1 Å². The van der Waals surface area contributed by atoms with Gasteiger partial charge in [-0.1, -0.05) is 0 Å². The summed E-state index contributed by atoms with van der Waals surface area (Å²) in [6.07, 6.45) is 8.16. The Labute approximate surface area is 159 Å². The van der Waals surface area contributed by atoms with Crippen LogP contribution >= 0.6 is 0 Å². The van der Waals surface area contributed by atoms with Gasteiger partial charge in [0, 0.05) is 45.3 Å². The highest BCUT2D eigenvalue weighted by Gasteiger charge is 2.41. The third kappa shape index (κ3) is 4.28. The van der Waals surface area contributed by atoms with E-state index < -0.39 is 11.5 Å². The van der Waals surface area contributed by atoms with Crippen LogP contribution in [-0.4, -0.2) is 67.2 Å². The van der Waals surface area contributed by atoms with Crippen LogP contribution in [0.15, 0.2) is 46.2 Å². The van der Waals surface area contributed by atoms with Crippen molar-refractivity contribution >= 4 is 11.9 Å². The van der Waals surface area contributed by atoms with Gasteiger partial charge in [-0.3, -0.25) is 19.9 Å². The van der Waals surface area contributed by atoms with E-state index in [9.17, 15) is 10.5 Å². The van der Waals surface area contributed by atoms with Crippen molar-refractivity contribution in [2.75, 3.05) is 39.9 Å². The Bertz CT molecular complexity index is 812. The average molecular weight is 362 g/mol. The summed E-state index contributed by atoms with van der Waals surface area (Å²) in [6.45, 7) is 3.52. The number of aliphatic imine (C=N–C) groups is 2. The summed E-state index contributed by atoms with van der Waals surface area (Å²) in [5.41, 5.74) is 1.90. The van der Waals surface area contributed by atoms with E-state index in [1.54, 1.807) is 19.4 Å². The molecule has 0 N–H and O–H groups in total. The highest BCUT2D eigenvalue weighted by Crippen LogP contribution is 2.29. The minimum atomic E-state index is -0.926. The molecular formula is C20H22N6O. The summed E-state index contributed by atoms with van der Waals surface area (Å²) in [7, 11) is 1.63. The lowest BCUT2D eigenvalue weighted by Gasteiger charge is -2.35. The maximum Gasteiger partial charge on any atom is 0.173 e. The first-order chi connectivity index (χ1) is 13.2. The normalized spacial score (nSPS) is 23.1. The molecule has 1 fully saturated rings. The second-order valence-corrected chi connectivity index (χ2v) is 6.62. The van der Waals surface area contributed by atoms with Gasteiger partial charge >= 0.3 is 0 Å². The van der Waals surface area contributed by atoms with Crippen LogP contribution in [0.3, 0.4) is 0 Å². The first kappa shape index (κ1) is 18.9. The van der Waals surface area contributed by atoms with Crippen LogP contribution in [0.2, 0.25) is 0 Å². The molecule has 0 amide bonds. The van der Waals surface area contributed by atoms with Gasteiger partial charge in [0.05, 0.1) is 31.1 Å². The summed E-state index contributed by atoms with van der Waals surface area (Å²) in [5.74, 6) is -0.926. The molecule has 0 aliphatic carbocycles. The molecule has 0 spiro atoms. The lowest BCUT2D eigenvalue weighted by Crippen LogP contribution is -2.50. The number of allylic oxidation sites excluding steroid dienone is 1. The molecule has 7 heteroatoms. The Morgan fingerprint density at radius 1 is 1.30 bits per heavy atom. The first-order valence-electron chi connectivity index (χ1n) is 8.93. The monoisotopic (exact) mass is 362 g/mol. The Balaban J connectivity index is 1.92. The lowest BCUT2D eigenvalue weighted by atomic mass is 9.84. The second-order valence-electron chi connectivity index (χ2n) is 6.62. The van der Waals surface area contributed by atoms with Gasteiger partial charge in [0.1, 0.15) is 5.54 Å². The van der Waals surface area contributed by atoms with E-state index in [1.165, 1.54) is 0 Å². The van der Waals surface area contributed by atoms with Gasteiger partial charge in [-0.15, -0.1) is 0 Å². The van der Waals surface area contributed by atoms with Gasteiger partial charge in [0.25, 0.3) is 0 Å². The van der Waals surface area contributed by atoms with Crippen molar-refractivity contribution in [1.82, 2.24) is 9.88 Å². The third-order valence-corrected chi connectivity index (χ3v) is 4.83. The molecule has 2 aliphatic heterocycles. The second kappa shape index (κ2) is 8.68. The molecule has 7 nitrogen and oxygen atoms in total. The standard InChI is InChI=1S/C20H22N6O/c1-23-19(18(12-21)13-22)20(15-26-6-8-27-9-7-26)11-17(14-25-20)10-16-2-4-24-5-3-16/h2-5,11,14,18H,6-10,15H2,1H3. The molecule has 1 atom stereocenters. The minimum Gasteiger partial charge on any atom is -0.379 e. The maximum atomic E-state index is 9.44. The number of aromatic nitrogens is 1. The number of morpholine rings is 1. The fourth-order valence-corrected chi connectivity index (χ4v) is 3.54. The first-order valence-corrected chi connectivity index (χ1v) is 8.93. The molecule has 1 aromatic heterocycles. The van der Waals surface area contributed by atoms with Crippen molar-refractivity contribution in [1.29, 1.82) is 10.5 Å². The fraction of sp³-hybridized carbons (Fsp3) is 0.450. The summed E-state index contributed by atoms with van der Waals surface area (Å²) >= 11 is 0. The van der Waals surface area contributed by atoms with Crippen LogP contribution < -0.4 is 0 Å². The van der Waals surface area contributed by atoms with Gasteiger partial charge in [0.15, 0.2) is 5.92 Å². The molecule has 3 rings (SSSR count). The van der Waals surface area contributed by atoms with E-state index in [0.29, 0.717) is 25.5 Å². The number of hydrogen-bond acceptors (Lipinski definition) is 7. The molecule has 138 valence electrons. The molecule has 0 bridgehead atoms. The Morgan fingerprint density at radius 2 is 2.00 bits per heavy atom. The zero-order chi connectivity index (χ0) is 19.1. The molecule has 2 aliphatic rings. The number of rotatable bonds is 6. The van der Waals surface area contributed by atoms with Crippen LogP contribution in [0.4, 0.5) is 0 Å². The molecule has 1 aromatic rings. The van der Waals surface area contributed by atoms with E-state index in [2.05, 4.69) is 33.1 Å². The topological polar surface area (TPSA) is 97.7 Å². The largest absolute Gasteiger partial charge is 0.379 e. The minimum absolute atomic E-state index is 0.500. The molecule has 1 saturated heterocycles. The van der Waals surface area contributed by atoms with E-state index in [4.69, 9.17) is 9.73 Å². The van der Waals surface area contributed by atoms with Gasteiger partial charge in [0.2, 0.25) is 0 Å². The zero-order valence-electron chi connectivity index (χ0n) is 15.4. The number of nitrogens with zero attached hydrogens (tertiary/aromatic N) is 6. The van der Waals surface area contributed by atoms with Gasteiger partial charge in [-0.25, -0.2) is 0 Å². The predicted octanol–water partition coefficient (Wildman–Crippen LogP) is 1.44. The lowest BCUT2D eigenvalue weighted by molar-refractivity contribution is 0.0347. The van der Waals surface area contributed by atoms with Crippen molar-refractivity contribution in [2.24, 2.45) is 15.9 Å². The van der Waals surface area contributed by atoms with Crippen LogP contribution in [0.25, 0.3) is 0 Å². The van der Waals surface area contributed by atoms with E-state index in [1.807, 2.05) is 18.3 Å². The highest BCUT2D eigenvalue weighted by atomic mass is 16.5. The smallest absolute Gasteiger partial charge is 0.173 e. The Morgan fingerprint density at radius 3 is 2.63 bits per heavy atom. The van der Waals surface area contributed by atoms with Gasteiger partial charge in [-0.05, 0) is 35.8 Å². The summed E-state index contributed by atoms with van der Waals surface area (Å²) in [6, 6.07) is 8.06. The van der Waals surface area contributed by atoms with Crippen molar-refractivity contribution < 1.29 is 4.74 Å². The maximum absolute atomic E-state index is 9.44. The van der Waals surface area contributed by atoms with Gasteiger partial charge < -0.3 is 4.74 Å². The number of hydrogen-bond donors (Lipinski definition) is 0. The van der Waals surface area contributed by atoms with Crippen molar-refractivity contribution in [2.45, 2.75) is 12.0 Å². The third-order valence-electron chi connectivity index (χ3n) is 4.83. The van der Waals surface area contributed by atoms with Crippen molar-refractivity contribution in [3.63, 3.8) is 0 Å². The quantitative estimate of drug-likeness (QED) is 0.713. The Hall–Kier alpha value is -2.87. The summed E-state index contributed by atoms with van der Waals surface area (Å²) in [4.78, 5) is 15.4. The molecule has 27 heavy (non-hydrogen) atoms. The average Bonchev–Trinajstić information content (AvgIpc) is 3.10. The zero-order valence-corrected chi connectivity index (χ0v) is 15.4. The summed E-state index contributed by atoms with van der Waals surface area (Å²) in [5, 5.41) is 18.9. The van der Waals surface area contributed by atoms with Crippen LogP contribution in [-0.2, 0) is 11.2 Å². The molecular weight excluding hydrogens is 340 g/mol. The molecule has 1 unspecified atom stereocenters. The van der Waals surface area contributed by atoms with E-state index in [-0.39, 0.29) is 0 Å². The van der Waals surface area contributed by atoms with Crippen molar-refractivity contribution in [3.05, 3.63) is 41.7 Å². The van der Waals surface area contributed by atoms with Crippen LogP contribution in [0.1, 0.15) is 5.56 Å². The van der Waals surface area contributed by atoms with Crippen LogP contribution in [0, 0.1) is 28.6 Å². The van der Waals surface area contributed by atoms with E-state index >= 15 is 0 Å². The molecule has 0 aromatic carbocycles. The molecule has 0 radical (unpaired) electrons. The van der Waals surface area contributed by atoms with Gasteiger partial charge in [-0.2, -0.15) is 10.5 Å². The SMILES string of the molecule is CN=C(C(C#N)C#N)C1(CN2CCOCC2)C=C(Cc2ccncc2)C=N1. The predicted molar refractivity (Wildman–Crippen MR) is 103 cm³/mol. The number of ether oxygens (including phenoxy) is 1. The highest BCUT2D eigenvalue weighted by molar-refractivity contribution is 6.05. The Kier molecular flexibility index (Phi) is 6.08. The van der Waals surface area contributed by atoms with Crippen LogP contribution in [0.5, 0.6) is 0 Å². The molecule has 3 heterocycles. The molecule has 0 saturated carbocycles. The van der Waals surface area contributed by atoms with E-state index in [0.717, 1.165) is 30.6 Å².